The van der Waals surface area contributed by atoms with Crippen LogP contribution in [0.15, 0.2) is 40.9 Å². The van der Waals surface area contributed by atoms with Crippen LogP contribution in [-0.2, 0) is 14.3 Å². The van der Waals surface area contributed by atoms with Crippen LogP contribution in [0.3, 0.4) is 0 Å². The van der Waals surface area contributed by atoms with Gasteiger partial charge in [0.25, 0.3) is 0 Å². The smallest absolute Gasteiger partial charge is 0.330 e. The molecule has 2 atom stereocenters. The second-order valence-corrected chi connectivity index (χ2v) is 4.86. The fourth-order valence-corrected chi connectivity index (χ4v) is 1.97. The molecule has 0 bridgehead atoms. The number of carbonyl (C=O) groups excluding carboxylic acids is 1. The van der Waals surface area contributed by atoms with E-state index in [1.807, 2.05) is 31.2 Å². The molecule has 0 spiro atoms. The molecule has 0 aliphatic rings. The van der Waals surface area contributed by atoms with E-state index in [0.717, 1.165) is 10.0 Å². The third kappa shape index (κ3) is 4.27. The minimum Gasteiger partial charge on any atom is -0.466 e. The third-order valence-electron chi connectivity index (χ3n) is 2.67. The molecule has 0 amide bonds. The van der Waals surface area contributed by atoms with Crippen molar-refractivity contribution in [2.24, 2.45) is 5.92 Å². The fraction of sp³-hybridized carbons (Fsp3) is 0.357. The molecule has 0 aliphatic heterocycles. The number of rotatable bonds is 5. The van der Waals surface area contributed by atoms with Gasteiger partial charge in [0, 0.05) is 23.6 Å². The molecule has 0 saturated heterocycles. The zero-order chi connectivity index (χ0) is 13.5. The number of hydrogen-bond acceptors (Lipinski definition) is 3. The highest BCUT2D eigenvalue weighted by molar-refractivity contribution is 9.10. The third-order valence-corrected chi connectivity index (χ3v) is 3.20. The molecule has 0 N–H and O–H groups in total. The summed E-state index contributed by atoms with van der Waals surface area (Å²) in [5, 5.41) is 0. The van der Waals surface area contributed by atoms with E-state index in [2.05, 4.69) is 20.7 Å². The lowest BCUT2D eigenvalue weighted by atomic mass is 9.97. The van der Waals surface area contributed by atoms with Crippen molar-refractivity contribution in [3.05, 3.63) is 46.5 Å². The fourth-order valence-electron chi connectivity index (χ4n) is 1.71. The van der Waals surface area contributed by atoms with E-state index in [1.54, 1.807) is 13.2 Å². The summed E-state index contributed by atoms with van der Waals surface area (Å²) in [7, 11) is 3.02. The number of hydrogen-bond donors (Lipinski definition) is 0. The van der Waals surface area contributed by atoms with Crippen LogP contribution >= 0.6 is 15.9 Å². The van der Waals surface area contributed by atoms with Crippen molar-refractivity contribution in [1.82, 2.24) is 0 Å². The van der Waals surface area contributed by atoms with Gasteiger partial charge in [0.15, 0.2) is 0 Å². The van der Waals surface area contributed by atoms with Gasteiger partial charge in [-0.2, -0.15) is 0 Å². The summed E-state index contributed by atoms with van der Waals surface area (Å²) in [6.45, 7) is 2.00. The van der Waals surface area contributed by atoms with Crippen LogP contribution in [0.4, 0.5) is 0 Å². The van der Waals surface area contributed by atoms with Crippen molar-refractivity contribution < 1.29 is 14.3 Å². The van der Waals surface area contributed by atoms with Crippen molar-refractivity contribution in [3.63, 3.8) is 0 Å². The van der Waals surface area contributed by atoms with E-state index in [4.69, 9.17) is 4.74 Å². The molecule has 4 heteroatoms. The average Bonchev–Trinajstić information content (AvgIpc) is 2.39. The predicted octanol–water partition coefficient (Wildman–Crippen LogP) is 3.50. The van der Waals surface area contributed by atoms with Crippen molar-refractivity contribution in [2.45, 2.75) is 13.0 Å². The highest BCUT2D eigenvalue weighted by atomic mass is 79.9. The van der Waals surface area contributed by atoms with Crippen LogP contribution in [0.1, 0.15) is 18.6 Å². The van der Waals surface area contributed by atoms with Crippen LogP contribution in [-0.4, -0.2) is 20.2 Å². The van der Waals surface area contributed by atoms with Gasteiger partial charge in [0.05, 0.1) is 13.2 Å². The minimum atomic E-state index is -0.354. The normalized spacial score (nSPS) is 14.4. The van der Waals surface area contributed by atoms with Crippen molar-refractivity contribution in [2.75, 3.05) is 14.2 Å². The molecule has 0 heterocycles. The summed E-state index contributed by atoms with van der Waals surface area (Å²) in [4.78, 5) is 11.1. The molecular weight excluding hydrogens is 296 g/mol. The van der Waals surface area contributed by atoms with E-state index in [9.17, 15) is 4.79 Å². The Morgan fingerprint density at radius 1 is 1.28 bits per heavy atom. The van der Waals surface area contributed by atoms with Crippen LogP contribution in [0, 0.1) is 5.92 Å². The van der Waals surface area contributed by atoms with Gasteiger partial charge in [-0.25, -0.2) is 4.79 Å². The topological polar surface area (TPSA) is 35.5 Å². The first-order valence-electron chi connectivity index (χ1n) is 5.63. The van der Waals surface area contributed by atoms with Crippen LogP contribution in [0.25, 0.3) is 0 Å². The molecule has 0 fully saturated rings. The van der Waals surface area contributed by atoms with Crippen LogP contribution < -0.4 is 0 Å². The van der Waals surface area contributed by atoms with Gasteiger partial charge in [0.2, 0.25) is 0 Å². The van der Waals surface area contributed by atoms with Gasteiger partial charge in [-0.1, -0.05) is 41.1 Å². The van der Waals surface area contributed by atoms with Crippen molar-refractivity contribution >= 4 is 21.9 Å². The molecule has 0 unspecified atom stereocenters. The predicted molar refractivity (Wildman–Crippen MR) is 74.2 cm³/mol. The lowest BCUT2D eigenvalue weighted by molar-refractivity contribution is -0.134. The van der Waals surface area contributed by atoms with Crippen molar-refractivity contribution in [1.29, 1.82) is 0 Å². The quantitative estimate of drug-likeness (QED) is 0.616. The van der Waals surface area contributed by atoms with Gasteiger partial charge in [-0.15, -0.1) is 0 Å². The number of benzene rings is 1. The minimum absolute atomic E-state index is 0.0790. The Hall–Kier alpha value is -1.13. The van der Waals surface area contributed by atoms with Gasteiger partial charge in [0.1, 0.15) is 0 Å². The maximum atomic E-state index is 11.1. The van der Waals surface area contributed by atoms with Gasteiger partial charge < -0.3 is 9.47 Å². The van der Waals surface area contributed by atoms with E-state index < -0.39 is 0 Å². The number of halogens is 1. The van der Waals surface area contributed by atoms with Gasteiger partial charge in [-0.3, -0.25) is 0 Å². The molecule has 0 saturated carbocycles. The molecule has 3 nitrogen and oxygen atoms in total. The molecule has 0 aromatic heterocycles. The van der Waals surface area contributed by atoms with Gasteiger partial charge >= 0.3 is 5.97 Å². The first-order valence-corrected chi connectivity index (χ1v) is 6.42. The molecule has 1 rings (SSSR count). The summed E-state index contributed by atoms with van der Waals surface area (Å²) in [6, 6.07) is 7.94. The molecule has 98 valence electrons. The Morgan fingerprint density at radius 2 is 1.89 bits per heavy atom. The van der Waals surface area contributed by atoms with E-state index >= 15 is 0 Å². The Balaban J connectivity index is 2.79. The second kappa shape index (κ2) is 7.34. The number of esters is 1. The second-order valence-electron chi connectivity index (χ2n) is 3.95. The maximum Gasteiger partial charge on any atom is 0.330 e. The van der Waals surface area contributed by atoms with E-state index in [0.29, 0.717) is 0 Å². The lowest BCUT2D eigenvalue weighted by Crippen LogP contribution is -2.10. The SMILES string of the molecule is COC(=O)/C=C/[C@@H](C)[C@H](OC)c1ccc(Br)cc1. The summed E-state index contributed by atoms with van der Waals surface area (Å²) in [5.74, 6) is -0.275. The standard InChI is InChI=1S/C14H17BrO3/c1-10(4-9-13(16)17-2)14(18-3)11-5-7-12(15)8-6-11/h4-10,14H,1-3H3/b9-4+/t10-,14+/m1/s1. The number of carbonyl (C=O) groups is 1. The number of ether oxygens (including phenoxy) is 2. The Kier molecular flexibility index (Phi) is 6.09. The summed E-state index contributed by atoms with van der Waals surface area (Å²) < 4.78 is 11.1. The van der Waals surface area contributed by atoms with E-state index in [-0.39, 0.29) is 18.0 Å². The molecule has 0 aliphatic carbocycles. The Bertz CT molecular complexity index is 412. The summed E-state index contributed by atoms with van der Waals surface area (Å²) in [6.07, 6.45) is 3.14. The molecular formula is C14H17BrO3. The summed E-state index contributed by atoms with van der Waals surface area (Å²) in [5.41, 5.74) is 1.07. The number of methoxy groups -OCH3 is 2. The Labute approximate surface area is 116 Å². The molecule has 1 aromatic carbocycles. The van der Waals surface area contributed by atoms with Crippen LogP contribution in [0.5, 0.6) is 0 Å². The Morgan fingerprint density at radius 3 is 2.39 bits per heavy atom. The van der Waals surface area contributed by atoms with Gasteiger partial charge in [-0.05, 0) is 17.7 Å². The van der Waals surface area contributed by atoms with E-state index in [1.165, 1.54) is 13.2 Å². The molecule has 0 radical (unpaired) electrons. The first-order chi connectivity index (χ1) is 8.58. The summed E-state index contributed by atoms with van der Waals surface area (Å²) >= 11 is 3.40. The maximum absolute atomic E-state index is 11.1. The first kappa shape index (κ1) is 14.9. The largest absolute Gasteiger partial charge is 0.466 e. The van der Waals surface area contributed by atoms with Crippen molar-refractivity contribution in [3.8, 4) is 0 Å². The molecule has 1 aromatic rings. The zero-order valence-electron chi connectivity index (χ0n) is 10.7. The highest BCUT2D eigenvalue weighted by Crippen LogP contribution is 2.27. The molecule has 18 heavy (non-hydrogen) atoms. The zero-order valence-corrected chi connectivity index (χ0v) is 12.3. The lowest BCUT2D eigenvalue weighted by Gasteiger charge is -2.20. The van der Waals surface area contributed by atoms with Crippen LogP contribution in [0.2, 0.25) is 0 Å². The average molecular weight is 313 g/mol. The monoisotopic (exact) mass is 312 g/mol. The highest BCUT2D eigenvalue weighted by Gasteiger charge is 2.16.